The van der Waals surface area contributed by atoms with Gasteiger partial charge in [-0.15, -0.1) is 0 Å². The molecule has 1 fully saturated rings. The molecule has 1 aromatic rings. The zero-order valence-corrected chi connectivity index (χ0v) is 10.8. The van der Waals surface area contributed by atoms with Crippen molar-refractivity contribution in [1.82, 2.24) is 0 Å². The molecule has 1 aliphatic heterocycles. The Balaban J connectivity index is 1.91. The van der Waals surface area contributed by atoms with E-state index in [1.54, 1.807) is 6.07 Å². The fourth-order valence-electron chi connectivity index (χ4n) is 2.51. The molecule has 0 aromatic heterocycles. The lowest BCUT2D eigenvalue weighted by Crippen LogP contribution is -2.43. The molecule has 7 heteroatoms. The van der Waals surface area contributed by atoms with Crippen LogP contribution in [0.15, 0.2) is 12.1 Å². The molecule has 1 amide bonds. The maximum Gasteiger partial charge on any atom is 0.313 e. The molecular weight excluding hydrogens is 262 g/mol. The van der Waals surface area contributed by atoms with E-state index in [2.05, 4.69) is 5.32 Å². The van der Waals surface area contributed by atoms with Crippen LogP contribution in [0.1, 0.15) is 24.8 Å². The molecule has 1 aromatic carbocycles. The number of nitrogens with zero attached hydrogens (tertiary/aromatic N) is 1. The molecule has 2 aliphatic rings. The van der Waals surface area contributed by atoms with Crippen LogP contribution in [0, 0.1) is 10.1 Å². The van der Waals surface area contributed by atoms with Crippen LogP contribution in [0.2, 0.25) is 0 Å². The number of hydrogen-bond donors (Lipinski definition) is 2. The number of benzene rings is 1. The molecular formula is C13H15N3O4. The van der Waals surface area contributed by atoms with Crippen LogP contribution in [0.25, 0.3) is 0 Å². The molecule has 0 unspecified atom stereocenters. The number of rotatable bonds is 3. The Hall–Kier alpha value is -2.15. The number of amides is 1. The Bertz CT molecular complexity index is 581. The Labute approximate surface area is 115 Å². The number of carbonyl (C=O) groups excluding carboxylic acids is 1. The van der Waals surface area contributed by atoms with Gasteiger partial charge in [-0.2, -0.15) is 0 Å². The molecule has 20 heavy (non-hydrogen) atoms. The van der Waals surface area contributed by atoms with E-state index in [0.717, 1.165) is 5.56 Å². The molecule has 106 valence electrons. The number of nitro benzene ring substituents is 1. The summed E-state index contributed by atoms with van der Waals surface area (Å²) in [5.74, 6) is 0.146. The number of nitrogens with one attached hydrogen (secondary N) is 1. The Morgan fingerprint density at radius 1 is 1.35 bits per heavy atom. The fourth-order valence-corrected chi connectivity index (χ4v) is 2.51. The number of aryl methyl sites for hydroxylation is 1. The summed E-state index contributed by atoms with van der Waals surface area (Å²) in [5.41, 5.74) is 6.94. The Kier molecular flexibility index (Phi) is 3.06. The first kappa shape index (κ1) is 12.9. The Morgan fingerprint density at radius 3 is 2.75 bits per heavy atom. The first-order chi connectivity index (χ1) is 9.52. The van der Waals surface area contributed by atoms with Crippen molar-refractivity contribution in [1.29, 1.82) is 0 Å². The molecule has 0 atom stereocenters. The summed E-state index contributed by atoms with van der Waals surface area (Å²) >= 11 is 0. The van der Waals surface area contributed by atoms with Gasteiger partial charge in [-0.3, -0.25) is 14.9 Å². The summed E-state index contributed by atoms with van der Waals surface area (Å²) < 4.78 is 5.67. The average molecular weight is 277 g/mol. The molecule has 0 bridgehead atoms. The minimum atomic E-state index is -0.491. The van der Waals surface area contributed by atoms with E-state index in [9.17, 15) is 14.9 Å². The zero-order chi connectivity index (χ0) is 14.3. The first-order valence-electron chi connectivity index (χ1n) is 6.56. The van der Waals surface area contributed by atoms with E-state index in [1.807, 2.05) is 0 Å². The number of carbonyl (C=O) groups is 1. The van der Waals surface area contributed by atoms with Crippen LogP contribution in [0.5, 0.6) is 5.75 Å². The average Bonchev–Trinajstić information content (AvgIpc) is 2.36. The molecule has 3 rings (SSSR count). The molecule has 1 heterocycles. The van der Waals surface area contributed by atoms with Gasteiger partial charge < -0.3 is 15.8 Å². The van der Waals surface area contributed by atoms with Crippen molar-refractivity contribution in [2.45, 2.75) is 37.8 Å². The standard InChI is InChI=1S/C13H15N3O4/c14-8-4-9(5-8)20-12-3-7-1-2-13(17)15-10(7)6-11(12)16(18)19/h3,6,8-9H,1-2,4-5,14H2,(H,15,17). The summed E-state index contributed by atoms with van der Waals surface area (Å²) in [5, 5.41) is 13.8. The third kappa shape index (κ3) is 2.32. The summed E-state index contributed by atoms with van der Waals surface area (Å²) in [6.45, 7) is 0. The van der Waals surface area contributed by atoms with Crippen LogP contribution in [-0.2, 0) is 11.2 Å². The quantitative estimate of drug-likeness (QED) is 0.640. The maximum absolute atomic E-state index is 11.3. The van der Waals surface area contributed by atoms with Gasteiger partial charge in [-0.1, -0.05) is 0 Å². The second-order valence-corrected chi connectivity index (χ2v) is 5.25. The highest BCUT2D eigenvalue weighted by atomic mass is 16.6. The monoisotopic (exact) mass is 277 g/mol. The van der Waals surface area contributed by atoms with Crippen molar-refractivity contribution in [3.63, 3.8) is 0 Å². The highest BCUT2D eigenvalue weighted by Crippen LogP contribution is 2.37. The van der Waals surface area contributed by atoms with Crippen molar-refractivity contribution in [2.24, 2.45) is 5.73 Å². The van der Waals surface area contributed by atoms with Crippen molar-refractivity contribution in [3.8, 4) is 5.75 Å². The number of anilines is 1. The highest BCUT2D eigenvalue weighted by Gasteiger charge is 2.31. The van der Waals surface area contributed by atoms with E-state index < -0.39 is 4.92 Å². The largest absolute Gasteiger partial charge is 0.483 e. The number of nitro groups is 1. The zero-order valence-electron chi connectivity index (χ0n) is 10.8. The van der Waals surface area contributed by atoms with E-state index in [-0.39, 0.29) is 29.5 Å². The molecule has 0 radical (unpaired) electrons. The minimum Gasteiger partial charge on any atom is -0.483 e. The molecule has 1 aliphatic carbocycles. The van der Waals surface area contributed by atoms with Crippen LogP contribution in [-0.4, -0.2) is 23.0 Å². The summed E-state index contributed by atoms with van der Waals surface area (Å²) in [6, 6.07) is 3.16. The lowest BCUT2D eigenvalue weighted by Gasteiger charge is -2.32. The molecule has 7 nitrogen and oxygen atoms in total. The first-order valence-corrected chi connectivity index (χ1v) is 6.56. The number of fused-ring (bicyclic) bond motifs is 1. The van der Waals surface area contributed by atoms with Gasteiger partial charge in [-0.05, 0) is 30.9 Å². The van der Waals surface area contributed by atoms with Gasteiger partial charge in [-0.25, -0.2) is 0 Å². The van der Waals surface area contributed by atoms with E-state index >= 15 is 0 Å². The van der Waals surface area contributed by atoms with Crippen molar-refractivity contribution in [2.75, 3.05) is 5.32 Å². The number of nitrogens with two attached hydrogens (primary N) is 1. The summed E-state index contributed by atoms with van der Waals surface area (Å²) in [6.07, 6.45) is 2.33. The van der Waals surface area contributed by atoms with Gasteiger partial charge in [0.15, 0.2) is 5.75 Å². The highest BCUT2D eigenvalue weighted by molar-refractivity contribution is 5.94. The van der Waals surface area contributed by atoms with Crippen molar-refractivity contribution >= 4 is 17.3 Å². The maximum atomic E-state index is 11.3. The van der Waals surface area contributed by atoms with E-state index in [1.165, 1.54) is 6.07 Å². The van der Waals surface area contributed by atoms with Crippen LogP contribution >= 0.6 is 0 Å². The lowest BCUT2D eigenvalue weighted by atomic mass is 9.90. The molecule has 0 saturated heterocycles. The molecule has 0 spiro atoms. The third-order valence-electron chi connectivity index (χ3n) is 3.70. The second-order valence-electron chi connectivity index (χ2n) is 5.25. The van der Waals surface area contributed by atoms with Crippen molar-refractivity contribution < 1.29 is 14.5 Å². The third-order valence-corrected chi connectivity index (χ3v) is 3.70. The number of hydrogen-bond acceptors (Lipinski definition) is 5. The SMILES string of the molecule is NC1CC(Oc2cc3c(cc2[N+](=O)[O-])NC(=O)CC3)C1. The Morgan fingerprint density at radius 2 is 2.10 bits per heavy atom. The summed E-state index contributed by atoms with van der Waals surface area (Å²) in [4.78, 5) is 22.0. The van der Waals surface area contributed by atoms with E-state index in [0.29, 0.717) is 31.4 Å². The predicted molar refractivity (Wildman–Crippen MR) is 71.7 cm³/mol. The van der Waals surface area contributed by atoms with Gasteiger partial charge in [0.05, 0.1) is 10.6 Å². The minimum absolute atomic E-state index is 0.0556. The summed E-state index contributed by atoms with van der Waals surface area (Å²) in [7, 11) is 0. The lowest BCUT2D eigenvalue weighted by molar-refractivity contribution is -0.386. The van der Waals surface area contributed by atoms with Gasteiger partial charge in [0.2, 0.25) is 5.91 Å². The van der Waals surface area contributed by atoms with Crippen LogP contribution < -0.4 is 15.8 Å². The van der Waals surface area contributed by atoms with E-state index in [4.69, 9.17) is 10.5 Å². The van der Waals surface area contributed by atoms with Crippen LogP contribution in [0.4, 0.5) is 11.4 Å². The van der Waals surface area contributed by atoms with Gasteiger partial charge in [0.1, 0.15) is 6.10 Å². The number of ether oxygens (including phenoxy) is 1. The molecule has 3 N–H and O–H groups in total. The molecule has 1 saturated carbocycles. The van der Waals surface area contributed by atoms with Gasteiger partial charge in [0.25, 0.3) is 0 Å². The fraction of sp³-hybridized carbons (Fsp3) is 0.462. The predicted octanol–water partition coefficient (Wildman–Crippen LogP) is 1.35. The second kappa shape index (κ2) is 4.75. The van der Waals surface area contributed by atoms with Gasteiger partial charge >= 0.3 is 5.69 Å². The smallest absolute Gasteiger partial charge is 0.313 e. The topological polar surface area (TPSA) is 107 Å². The van der Waals surface area contributed by atoms with Crippen LogP contribution in [0.3, 0.4) is 0 Å². The normalized spacial score (nSPS) is 24.4. The van der Waals surface area contributed by atoms with Gasteiger partial charge in [0, 0.05) is 18.5 Å². The van der Waals surface area contributed by atoms with Crippen molar-refractivity contribution in [3.05, 3.63) is 27.8 Å².